The van der Waals surface area contributed by atoms with Gasteiger partial charge in [-0.05, 0) is 52.4 Å². The maximum Gasteiger partial charge on any atom is 0.342 e. The Morgan fingerprint density at radius 1 is 0.667 bits per heavy atom. The van der Waals surface area contributed by atoms with Crippen LogP contribution in [-0.2, 0) is 29.1 Å². The van der Waals surface area contributed by atoms with Gasteiger partial charge < -0.3 is 0 Å². The van der Waals surface area contributed by atoms with E-state index in [1.165, 1.54) is 0 Å². The molecule has 0 rings (SSSR count). The largest absolute Gasteiger partial charge is 0.342 e. The van der Waals surface area contributed by atoms with Crippen LogP contribution >= 0.6 is 0 Å². The van der Waals surface area contributed by atoms with E-state index < -0.39 is 11.2 Å². The summed E-state index contributed by atoms with van der Waals surface area (Å²) in [4.78, 5) is 45.0. The normalized spacial score (nSPS) is 14.3. The maximum absolute atomic E-state index is 12.0. The van der Waals surface area contributed by atoms with Gasteiger partial charge in [0.25, 0.3) is 0 Å². The fourth-order valence-corrected chi connectivity index (χ4v) is 3.26. The summed E-state index contributed by atoms with van der Waals surface area (Å²) in [6, 6.07) is 0. The van der Waals surface area contributed by atoms with Crippen molar-refractivity contribution in [3.63, 3.8) is 0 Å². The Hall–Kier alpha value is -1.14. The molecule has 0 saturated heterocycles. The molecule has 0 bridgehead atoms. The summed E-state index contributed by atoms with van der Waals surface area (Å²) < 4.78 is 0. The highest BCUT2D eigenvalue weighted by Crippen LogP contribution is 2.26. The van der Waals surface area contributed by atoms with E-state index >= 15 is 0 Å². The van der Waals surface area contributed by atoms with E-state index in [-0.39, 0.29) is 11.9 Å². The third-order valence-corrected chi connectivity index (χ3v) is 5.51. The Balaban J connectivity index is 4.35. The molecule has 0 radical (unpaired) electrons. The van der Waals surface area contributed by atoms with E-state index in [0.29, 0.717) is 37.5 Å². The average molecular weight is 431 g/mol. The zero-order valence-corrected chi connectivity index (χ0v) is 20.7. The van der Waals surface area contributed by atoms with Gasteiger partial charge in [-0.3, -0.25) is 9.78 Å². The van der Waals surface area contributed by atoms with E-state index in [0.717, 1.165) is 38.5 Å². The second-order valence-electron chi connectivity index (χ2n) is 9.63. The van der Waals surface area contributed by atoms with Crippen LogP contribution in [0, 0.1) is 11.8 Å². The molecule has 6 nitrogen and oxygen atoms in total. The first-order valence-electron chi connectivity index (χ1n) is 11.8. The van der Waals surface area contributed by atoms with Gasteiger partial charge >= 0.3 is 11.9 Å². The van der Waals surface area contributed by atoms with Crippen LogP contribution in [0.4, 0.5) is 0 Å². The van der Waals surface area contributed by atoms with Gasteiger partial charge in [0.15, 0.2) is 0 Å². The lowest BCUT2D eigenvalue weighted by Crippen LogP contribution is -2.33. The van der Waals surface area contributed by atoms with Crippen molar-refractivity contribution in [2.45, 2.75) is 131 Å². The third-order valence-electron chi connectivity index (χ3n) is 5.51. The first-order valence-corrected chi connectivity index (χ1v) is 11.8. The Morgan fingerprint density at radius 3 is 1.27 bits per heavy atom. The minimum atomic E-state index is -0.665. The molecule has 0 N–H and O–H groups in total. The molecular weight excluding hydrogens is 384 g/mol. The van der Waals surface area contributed by atoms with Crippen LogP contribution in [0.1, 0.15) is 120 Å². The minimum absolute atomic E-state index is 0.328. The second kappa shape index (κ2) is 14.8. The molecule has 0 aromatic heterocycles. The zero-order valence-electron chi connectivity index (χ0n) is 20.7. The lowest BCUT2D eigenvalue weighted by atomic mass is 9.94. The highest BCUT2D eigenvalue weighted by molar-refractivity contribution is 5.69. The average Bonchev–Trinajstić information content (AvgIpc) is 2.69. The molecule has 0 amide bonds. The van der Waals surface area contributed by atoms with Crippen molar-refractivity contribution in [1.29, 1.82) is 0 Å². The van der Waals surface area contributed by atoms with E-state index in [2.05, 4.69) is 27.7 Å². The fraction of sp³-hybridized carbons (Fsp3) is 0.917. The molecule has 0 saturated carbocycles. The van der Waals surface area contributed by atoms with Crippen LogP contribution in [0.25, 0.3) is 0 Å². The predicted molar refractivity (Wildman–Crippen MR) is 118 cm³/mol. The lowest BCUT2D eigenvalue weighted by molar-refractivity contribution is -0.341. The van der Waals surface area contributed by atoms with E-state index in [1.807, 2.05) is 27.7 Å². The van der Waals surface area contributed by atoms with E-state index in [4.69, 9.17) is 19.6 Å². The molecule has 0 aliphatic carbocycles. The Kier molecular flexibility index (Phi) is 14.2. The summed E-state index contributed by atoms with van der Waals surface area (Å²) in [7, 11) is 0. The van der Waals surface area contributed by atoms with Crippen molar-refractivity contribution in [2.75, 3.05) is 0 Å². The van der Waals surface area contributed by atoms with Crippen LogP contribution in [0.2, 0.25) is 0 Å². The van der Waals surface area contributed by atoms with Crippen LogP contribution in [0.15, 0.2) is 0 Å². The molecule has 0 aromatic carbocycles. The molecule has 30 heavy (non-hydrogen) atoms. The van der Waals surface area contributed by atoms with Crippen molar-refractivity contribution >= 4 is 11.9 Å². The molecule has 0 heterocycles. The maximum atomic E-state index is 12.0. The van der Waals surface area contributed by atoms with Gasteiger partial charge in [-0.1, -0.05) is 66.2 Å². The molecule has 6 heteroatoms. The summed E-state index contributed by atoms with van der Waals surface area (Å²) >= 11 is 0. The van der Waals surface area contributed by atoms with Crippen molar-refractivity contribution in [2.24, 2.45) is 11.8 Å². The van der Waals surface area contributed by atoms with Crippen LogP contribution in [-0.4, -0.2) is 23.1 Å². The predicted octanol–water partition coefficient (Wildman–Crippen LogP) is 6.71. The monoisotopic (exact) mass is 430 g/mol. The molecule has 178 valence electrons. The Morgan fingerprint density at radius 2 is 1.00 bits per heavy atom. The van der Waals surface area contributed by atoms with Crippen molar-refractivity contribution in [1.82, 2.24) is 0 Å². The summed E-state index contributed by atoms with van der Waals surface area (Å²) in [6.45, 7) is 15.8. The van der Waals surface area contributed by atoms with Crippen molar-refractivity contribution in [3.05, 3.63) is 0 Å². The first kappa shape index (κ1) is 28.9. The fourth-order valence-electron chi connectivity index (χ4n) is 3.26. The summed E-state index contributed by atoms with van der Waals surface area (Å²) in [5.41, 5.74) is -1.33. The van der Waals surface area contributed by atoms with Crippen LogP contribution in [0.5, 0.6) is 0 Å². The number of hydrogen-bond acceptors (Lipinski definition) is 6. The quantitative estimate of drug-likeness (QED) is 0.189. The molecule has 0 fully saturated rings. The zero-order chi connectivity index (χ0) is 23.2. The molecular formula is C24H46O6. The minimum Gasteiger partial charge on any atom is -0.298 e. The molecule has 0 aliphatic heterocycles. The molecule has 0 aliphatic rings. The number of hydrogen-bond donors (Lipinski definition) is 0. The molecule has 2 atom stereocenters. The number of rotatable bonds is 17. The smallest absolute Gasteiger partial charge is 0.298 e. The van der Waals surface area contributed by atoms with Crippen molar-refractivity contribution < 1.29 is 29.1 Å². The van der Waals surface area contributed by atoms with Gasteiger partial charge in [0.05, 0.1) is 12.8 Å². The number of carbonyl (C=O) groups excluding carboxylic acids is 2. The molecule has 2 unspecified atom stereocenters. The lowest BCUT2D eigenvalue weighted by Gasteiger charge is -2.28. The Labute approximate surface area is 184 Å². The second-order valence-corrected chi connectivity index (χ2v) is 9.63. The van der Waals surface area contributed by atoms with Gasteiger partial charge in [0.1, 0.15) is 11.2 Å². The summed E-state index contributed by atoms with van der Waals surface area (Å²) in [5.74, 6) is 0.0115. The van der Waals surface area contributed by atoms with Crippen LogP contribution in [0.3, 0.4) is 0 Å². The topological polar surface area (TPSA) is 71.1 Å². The van der Waals surface area contributed by atoms with Gasteiger partial charge in [-0.15, -0.1) is 0 Å². The SMILES string of the molecule is CCCC(CC)CC(=O)OOC(C)(C)CCC(C)(C)OOC(=O)CC(CC)CCC. The standard InChI is InChI=1S/C24H46O6/c1-9-13-19(11-3)17-21(25)27-29-23(5,6)15-16-24(7,8)30-28-22(26)18-20(12-4)14-10-2/h19-20H,9-18H2,1-8H3. The van der Waals surface area contributed by atoms with Gasteiger partial charge in [0.2, 0.25) is 0 Å². The molecule has 0 aromatic rings. The third kappa shape index (κ3) is 14.0. The highest BCUT2D eigenvalue weighted by Gasteiger charge is 2.30. The first-order chi connectivity index (χ1) is 14.0. The molecule has 0 spiro atoms. The van der Waals surface area contributed by atoms with Gasteiger partial charge in [-0.25, -0.2) is 9.59 Å². The van der Waals surface area contributed by atoms with E-state index in [9.17, 15) is 9.59 Å². The summed E-state index contributed by atoms with van der Waals surface area (Å²) in [5, 5.41) is 0. The van der Waals surface area contributed by atoms with Gasteiger partial charge in [0, 0.05) is 0 Å². The van der Waals surface area contributed by atoms with Gasteiger partial charge in [-0.2, -0.15) is 9.78 Å². The highest BCUT2D eigenvalue weighted by atomic mass is 17.2. The number of carbonyl (C=O) groups is 2. The van der Waals surface area contributed by atoms with Crippen molar-refractivity contribution in [3.8, 4) is 0 Å². The van der Waals surface area contributed by atoms with E-state index in [1.54, 1.807) is 0 Å². The summed E-state index contributed by atoms with van der Waals surface area (Å²) in [6.07, 6.45) is 7.93. The van der Waals surface area contributed by atoms with Crippen LogP contribution < -0.4 is 0 Å². The Bertz CT molecular complexity index is 442.